The number of urea groups is 1. The van der Waals surface area contributed by atoms with E-state index in [9.17, 15) is 18.0 Å². The molecular weight excluding hydrogens is 433 g/mol. The zero-order valence-corrected chi connectivity index (χ0v) is 17.8. The van der Waals surface area contributed by atoms with Crippen molar-refractivity contribution in [3.63, 3.8) is 0 Å². The molecule has 11 heteroatoms. The van der Waals surface area contributed by atoms with Gasteiger partial charge in [0.1, 0.15) is 5.82 Å². The maximum absolute atomic E-state index is 12.9. The van der Waals surface area contributed by atoms with Gasteiger partial charge in [0.15, 0.2) is 0 Å². The van der Waals surface area contributed by atoms with Crippen LogP contribution in [0.15, 0.2) is 24.3 Å². The molecule has 0 saturated carbocycles. The molecule has 0 atom stereocenters. The summed E-state index contributed by atoms with van der Waals surface area (Å²) in [6.07, 6.45) is -1.09. The van der Waals surface area contributed by atoms with E-state index in [-0.39, 0.29) is 12.2 Å². The molecule has 0 bridgehead atoms. The number of alkyl halides is 3. The van der Waals surface area contributed by atoms with Crippen molar-refractivity contribution < 1.29 is 18.0 Å². The summed E-state index contributed by atoms with van der Waals surface area (Å²) in [4.78, 5) is 23.1. The number of aryl methyl sites for hydroxylation is 1. The van der Waals surface area contributed by atoms with E-state index in [4.69, 9.17) is 11.6 Å². The third-order valence-corrected chi connectivity index (χ3v) is 5.07. The number of carbonyl (C=O) groups excluding carboxylic acids is 1. The summed E-state index contributed by atoms with van der Waals surface area (Å²) in [5.74, 6) is 1.35. The number of carbonyl (C=O) groups is 1. The molecule has 168 valence electrons. The Morgan fingerprint density at radius 2 is 1.87 bits per heavy atom. The standard InChI is InChI=1S/C20H24ClF3N6O/c1-13-11-17(30-9-3-2-4-10-30)29-18(27-13)25-7-8-26-19(31)28-14-5-6-16(21)15(12-14)20(22,23)24/h5-6,11-12H,2-4,7-10H2,1H3,(H,25,27,29)(H2,26,28,31). The molecule has 1 aliphatic heterocycles. The summed E-state index contributed by atoms with van der Waals surface area (Å²) < 4.78 is 38.7. The van der Waals surface area contributed by atoms with Crippen LogP contribution in [0, 0.1) is 6.92 Å². The van der Waals surface area contributed by atoms with E-state index < -0.39 is 22.8 Å². The third-order valence-electron chi connectivity index (χ3n) is 4.74. The molecule has 1 aromatic heterocycles. The lowest BCUT2D eigenvalue weighted by Gasteiger charge is -2.28. The fourth-order valence-electron chi connectivity index (χ4n) is 3.26. The van der Waals surface area contributed by atoms with Gasteiger partial charge in [-0.15, -0.1) is 0 Å². The Bertz CT molecular complexity index is 918. The van der Waals surface area contributed by atoms with E-state index in [1.165, 1.54) is 12.5 Å². The lowest BCUT2D eigenvalue weighted by Crippen LogP contribution is -2.33. The van der Waals surface area contributed by atoms with Gasteiger partial charge in [-0.1, -0.05) is 11.6 Å². The largest absolute Gasteiger partial charge is 0.417 e. The van der Waals surface area contributed by atoms with Gasteiger partial charge in [-0.05, 0) is 44.4 Å². The minimum atomic E-state index is -4.60. The monoisotopic (exact) mass is 456 g/mol. The number of anilines is 3. The van der Waals surface area contributed by atoms with Crippen LogP contribution < -0.4 is 20.9 Å². The van der Waals surface area contributed by atoms with E-state index in [1.54, 1.807) is 0 Å². The fraction of sp³-hybridized carbons (Fsp3) is 0.450. The van der Waals surface area contributed by atoms with E-state index in [1.807, 2.05) is 13.0 Å². The number of rotatable bonds is 6. The normalized spacial score (nSPS) is 14.3. The average Bonchev–Trinajstić information content (AvgIpc) is 2.72. The highest BCUT2D eigenvalue weighted by Crippen LogP contribution is 2.36. The molecule has 2 aromatic rings. The molecule has 1 aromatic carbocycles. The Morgan fingerprint density at radius 3 is 2.58 bits per heavy atom. The van der Waals surface area contributed by atoms with Gasteiger partial charge >= 0.3 is 12.2 Å². The molecular formula is C20H24ClF3N6O. The van der Waals surface area contributed by atoms with Crippen LogP contribution in [0.4, 0.5) is 35.4 Å². The molecule has 2 heterocycles. The molecule has 1 aliphatic rings. The topological polar surface area (TPSA) is 82.2 Å². The van der Waals surface area contributed by atoms with Crippen LogP contribution in [0.1, 0.15) is 30.5 Å². The van der Waals surface area contributed by atoms with Crippen LogP contribution in [-0.4, -0.2) is 42.2 Å². The first-order valence-electron chi connectivity index (χ1n) is 9.98. The first-order valence-corrected chi connectivity index (χ1v) is 10.4. The van der Waals surface area contributed by atoms with Crippen molar-refractivity contribution in [1.29, 1.82) is 0 Å². The number of nitrogens with zero attached hydrogens (tertiary/aromatic N) is 3. The quantitative estimate of drug-likeness (QED) is 0.550. The highest BCUT2D eigenvalue weighted by molar-refractivity contribution is 6.31. The number of hydrogen-bond acceptors (Lipinski definition) is 5. The Kier molecular flexibility index (Phi) is 7.42. The van der Waals surface area contributed by atoms with Crippen LogP contribution in [0.2, 0.25) is 5.02 Å². The van der Waals surface area contributed by atoms with Crippen molar-refractivity contribution in [2.45, 2.75) is 32.4 Å². The molecule has 0 aliphatic carbocycles. The molecule has 2 amide bonds. The first kappa shape index (κ1) is 22.9. The van der Waals surface area contributed by atoms with Crippen molar-refractivity contribution in [3.8, 4) is 0 Å². The minimum Gasteiger partial charge on any atom is -0.356 e. The summed E-state index contributed by atoms with van der Waals surface area (Å²) in [5, 5.41) is 7.58. The van der Waals surface area contributed by atoms with Gasteiger partial charge in [0.2, 0.25) is 5.95 Å². The highest BCUT2D eigenvalue weighted by atomic mass is 35.5. The van der Waals surface area contributed by atoms with Crippen molar-refractivity contribution in [2.24, 2.45) is 0 Å². The predicted molar refractivity (Wildman–Crippen MR) is 115 cm³/mol. The van der Waals surface area contributed by atoms with E-state index >= 15 is 0 Å². The Labute approximate surface area is 183 Å². The molecule has 0 spiro atoms. The number of nitrogens with one attached hydrogen (secondary N) is 3. The van der Waals surface area contributed by atoms with E-state index in [0.29, 0.717) is 12.5 Å². The Morgan fingerprint density at radius 1 is 1.13 bits per heavy atom. The lowest BCUT2D eigenvalue weighted by molar-refractivity contribution is -0.137. The number of hydrogen-bond donors (Lipinski definition) is 3. The lowest BCUT2D eigenvalue weighted by atomic mass is 10.1. The molecule has 7 nitrogen and oxygen atoms in total. The maximum atomic E-state index is 12.9. The third kappa shape index (κ3) is 6.61. The van der Waals surface area contributed by atoms with Crippen LogP contribution in [0.25, 0.3) is 0 Å². The van der Waals surface area contributed by atoms with Crippen LogP contribution >= 0.6 is 11.6 Å². The van der Waals surface area contributed by atoms with Crippen LogP contribution in [0.5, 0.6) is 0 Å². The smallest absolute Gasteiger partial charge is 0.356 e. The Hall–Kier alpha value is -2.75. The van der Waals surface area contributed by atoms with Crippen molar-refractivity contribution in [3.05, 3.63) is 40.5 Å². The molecule has 0 radical (unpaired) electrons. The summed E-state index contributed by atoms with van der Waals surface area (Å²) in [6.45, 7) is 4.41. The summed E-state index contributed by atoms with van der Waals surface area (Å²) >= 11 is 5.58. The first-order chi connectivity index (χ1) is 14.7. The van der Waals surface area contributed by atoms with Gasteiger partial charge in [0, 0.05) is 43.6 Å². The molecule has 1 fully saturated rings. The molecule has 31 heavy (non-hydrogen) atoms. The van der Waals surface area contributed by atoms with Gasteiger partial charge in [-0.3, -0.25) is 0 Å². The van der Waals surface area contributed by atoms with E-state index in [2.05, 4.69) is 30.8 Å². The van der Waals surface area contributed by atoms with Crippen molar-refractivity contribution in [2.75, 3.05) is 41.7 Å². The van der Waals surface area contributed by atoms with Crippen LogP contribution in [0.3, 0.4) is 0 Å². The second kappa shape index (κ2) is 10.0. The van der Waals surface area contributed by atoms with E-state index in [0.717, 1.165) is 49.6 Å². The minimum absolute atomic E-state index is 0.00428. The molecule has 1 saturated heterocycles. The van der Waals surface area contributed by atoms with Gasteiger partial charge < -0.3 is 20.9 Å². The maximum Gasteiger partial charge on any atom is 0.417 e. The predicted octanol–water partition coefficient (Wildman–Crippen LogP) is 4.68. The molecule has 0 unspecified atom stereocenters. The summed E-state index contributed by atoms with van der Waals surface area (Å²) in [5.41, 5.74) is -0.169. The van der Waals surface area contributed by atoms with Crippen LogP contribution in [-0.2, 0) is 6.18 Å². The van der Waals surface area contributed by atoms with Gasteiger partial charge in [-0.2, -0.15) is 18.2 Å². The zero-order valence-electron chi connectivity index (χ0n) is 17.0. The number of halogens is 4. The number of piperidine rings is 1. The highest BCUT2D eigenvalue weighted by Gasteiger charge is 2.33. The van der Waals surface area contributed by atoms with Gasteiger partial charge in [0.25, 0.3) is 0 Å². The summed E-state index contributed by atoms with van der Waals surface area (Å²) in [7, 11) is 0. The number of aromatic nitrogens is 2. The van der Waals surface area contributed by atoms with Gasteiger partial charge in [-0.25, -0.2) is 9.78 Å². The van der Waals surface area contributed by atoms with Crippen molar-refractivity contribution >= 4 is 35.1 Å². The second-order valence-electron chi connectivity index (χ2n) is 7.24. The van der Waals surface area contributed by atoms with Crippen molar-refractivity contribution in [1.82, 2.24) is 15.3 Å². The van der Waals surface area contributed by atoms with Gasteiger partial charge in [0.05, 0.1) is 10.6 Å². The SMILES string of the molecule is Cc1cc(N2CCCCC2)nc(NCCNC(=O)Nc2ccc(Cl)c(C(F)(F)F)c2)n1. The second-order valence-corrected chi connectivity index (χ2v) is 7.65. The summed E-state index contributed by atoms with van der Waals surface area (Å²) in [6, 6.07) is 4.51. The number of amides is 2. The Balaban J connectivity index is 1.49. The molecule has 3 N–H and O–H groups in total. The average molecular weight is 457 g/mol. The fourth-order valence-corrected chi connectivity index (χ4v) is 3.49. The molecule has 3 rings (SSSR count). The number of benzene rings is 1. The zero-order chi connectivity index (χ0) is 22.4.